The number of nitrogens with two attached hydrogens (primary N) is 1. The summed E-state index contributed by atoms with van der Waals surface area (Å²) in [5, 5.41) is 4.33. The average Bonchev–Trinajstić information content (AvgIpc) is 2.94. The van der Waals surface area contributed by atoms with Crippen LogP contribution in [0.1, 0.15) is 25.5 Å². The second kappa shape index (κ2) is 5.57. The summed E-state index contributed by atoms with van der Waals surface area (Å²) in [5.41, 5.74) is 7.02. The highest BCUT2D eigenvalue weighted by atomic mass is 15.4. The van der Waals surface area contributed by atoms with E-state index in [1.807, 2.05) is 4.52 Å². The van der Waals surface area contributed by atoms with Gasteiger partial charge in [-0.25, -0.2) is 4.98 Å². The molecule has 0 spiro atoms. The van der Waals surface area contributed by atoms with Gasteiger partial charge in [0.2, 0.25) is 0 Å². The summed E-state index contributed by atoms with van der Waals surface area (Å²) in [6.45, 7) is 7.83. The van der Waals surface area contributed by atoms with Crippen LogP contribution < -0.4 is 10.6 Å². The Hall–Kier alpha value is -1.73. The maximum absolute atomic E-state index is 5.98. The van der Waals surface area contributed by atoms with E-state index in [1.54, 1.807) is 6.33 Å². The lowest BCUT2D eigenvalue weighted by Gasteiger charge is -2.40. The minimum atomic E-state index is 0.290. The van der Waals surface area contributed by atoms with Gasteiger partial charge in [0.25, 0.3) is 5.78 Å². The number of rotatable bonds is 3. The van der Waals surface area contributed by atoms with Gasteiger partial charge >= 0.3 is 0 Å². The Balaban J connectivity index is 2.07. The maximum atomic E-state index is 5.98. The van der Waals surface area contributed by atoms with E-state index in [0.717, 1.165) is 31.1 Å². The van der Waals surface area contributed by atoms with Gasteiger partial charge in [0.1, 0.15) is 12.1 Å². The lowest BCUT2D eigenvalue weighted by Crippen LogP contribution is -2.55. The molecule has 3 rings (SSSR count). The highest BCUT2D eigenvalue weighted by Crippen LogP contribution is 2.24. The molecule has 1 fully saturated rings. The van der Waals surface area contributed by atoms with E-state index in [-0.39, 0.29) is 0 Å². The standard InChI is InChI=1S/C14H23N7/c1-10(2)12-6-13(21-14(18-12)16-9-17-21)20-5-4-19(3)8-11(20)7-15/h6,9-11H,4-5,7-8,15H2,1-3H3. The van der Waals surface area contributed by atoms with E-state index in [9.17, 15) is 0 Å². The van der Waals surface area contributed by atoms with Crippen LogP contribution in [-0.4, -0.2) is 63.8 Å². The second-order valence-corrected chi connectivity index (χ2v) is 6.01. The number of piperazine rings is 1. The van der Waals surface area contributed by atoms with Crippen molar-refractivity contribution in [3.63, 3.8) is 0 Å². The molecule has 7 nitrogen and oxygen atoms in total. The molecule has 0 aliphatic carbocycles. The lowest BCUT2D eigenvalue weighted by molar-refractivity contribution is 0.268. The molecule has 1 atom stereocenters. The van der Waals surface area contributed by atoms with Crippen molar-refractivity contribution in [2.24, 2.45) is 5.73 Å². The number of fused-ring (bicyclic) bond motifs is 1. The van der Waals surface area contributed by atoms with Crippen molar-refractivity contribution in [3.8, 4) is 0 Å². The smallest absolute Gasteiger partial charge is 0.254 e. The van der Waals surface area contributed by atoms with Crippen LogP contribution in [0.5, 0.6) is 0 Å². The molecule has 0 saturated carbocycles. The quantitative estimate of drug-likeness (QED) is 0.877. The third-order valence-corrected chi connectivity index (χ3v) is 4.10. The first kappa shape index (κ1) is 14.2. The maximum Gasteiger partial charge on any atom is 0.254 e. The summed E-state index contributed by atoms with van der Waals surface area (Å²) in [5.74, 6) is 2.06. The van der Waals surface area contributed by atoms with Gasteiger partial charge in [-0.15, -0.1) is 0 Å². The summed E-state index contributed by atoms with van der Waals surface area (Å²) in [6.07, 6.45) is 1.56. The van der Waals surface area contributed by atoms with Crippen molar-refractivity contribution in [2.75, 3.05) is 38.1 Å². The fourth-order valence-corrected chi connectivity index (χ4v) is 2.83. The zero-order valence-electron chi connectivity index (χ0n) is 12.9. The summed E-state index contributed by atoms with van der Waals surface area (Å²) in [6, 6.07) is 2.42. The summed E-state index contributed by atoms with van der Waals surface area (Å²) in [4.78, 5) is 13.5. The lowest BCUT2D eigenvalue weighted by atomic mass is 10.1. The third kappa shape index (κ3) is 2.58. The van der Waals surface area contributed by atoms with E-state index in [0.29, 0.717) is 24.3 Å². The first-order chi connectivity index (χ1) is 10.1. The molecule has 114 valence electrons. The highest BCUT2D eigenvalue weighted by molar-refractivity contribution is 5.49. The summed E-state index contributed by atoms with van der Waals surface area (Å²) < 4.78 is 1.82. The van der Waals surface area contributed by atoms with Gasteiger partial charge < -0.3 is 15.5 Å². The summed E-state index contributed by atoms with van der Waals surface area (Å²) in [7, 11) is 2.14. The molecule has 0 aromatic carbocycles. The molecule has 21 heavy (non-hydrogen) atoms. The Labute approximate surface area is 124 Å². The number of likely N-dealkylation sites (N-methyl/N-ethyl adjacent to an activating group) is 1. The Morgan fingerprint density at radius 3 is 2.90 bits per heavy atom. The summed E-state index contributed by atoms with van der Waals surface area (Å²) >= 11 is 0. The van der Waals surface area contributed by atoms with Crippen LogP contribution in [-0.2, 0) is 0 Å². The van der Waals surface area contributed by atoms with Crippen LogP contribution in [0.25, 0.3) is 5.78 Å². The molecule has 7 heteroatoms. The van der Waals surface area contributed by atoms with Crippen molar-refractivity contribution in [1.82, 2.24) is 24.5 Å². The van der Waals surface area contributed by atoms with Crippen LogP contribution in [0.2, 0.25) is 0 Å². The predicted octanol–water partition coefficient (Wildman–Crippen LogP) is 0.327. The zero-order valence-corrected chi connectivity index (χ0v) is 12.9. The van der Waals surface area contributed by atoms with Crippen LogP contribution in [0, 0.1) is 0 Å². The zero-order chi connectivity index (χ0) is 15.0. The van der Waals surface area contributed by atoms with Crippen molar-refractivity contribution in [1.29, 1.82) is 0 Å². The molecule has 1 saturated heterocycles. The molecule has 2 aromatic rings. The molecule has 0 amide bonds. The van der Waals surface area contributed by atoms with Crippen molar-refractivity contribution in [2.45, 2.75) is 25.8 Å². The number of hydrogen-bond acceptors (Lipinski definition) is 6. The molecule has 0 bridgehead atoms. The van der Waals surface area contributed by atoms with Crippen molar-refractivity contribution < 1.29 is 0 Å². The fraction of sp³-hybridized carbons (Fsp3) is 0.643. The number of nitrogens with zero attached hydrogens (tertiary/aromatic N) is 6. The van der Waals surface area contributed by atoms with Gasteiger partial charge in [0.15, 0.2) is 0 Å². The largest absolute Gasteiger partial charge is 0.350 e. The Morgan fingerprint density at radius 1 is 1.38 bits per heavy atom. The topological polar surface area (TPSA) is 75.6 Å². The van der Waals surface area contributed by atoms with Gasteiger partial charge in [0.05, 0.1) is 11.7 Å². The molecule has 0 radical (unpaired) electrons. The predicted molar refractivity (Wildman–Crippen MR) is 82.6 cm³/mol. The average molecular weight is 289 g/mol. The van der Waals surface area contributed by atoms with Gasteiger partial charge in [-0.2, -0.15) is 14.6 Å². The SMILES string of the molecule is CC(C)c1cc(N2CCN(C)CC2CN)n2ncnc2n1. The molecular weight excluding hydrogens is 266 g/mol. The third-order valence-electron chi connectivity index (χ3n) is 4.10. The minimum Gasteiger partial charge on any atom is -0.350 e. The molecule has 2 aromatic heterocycles. The van der Waals surface area contributed by atoms with Crippen LogP contribution in [0.4, 0.5) is 5.82 Å². The van der Waals surface area contributed by atoms with Crippen LogP contribution >= 0.6 is 0 Å². The van der Waals surface area contributed by atoms with Gasteiger partial charge in [-0.05, 0) is 13.0 Å². The minimum absolute atomic E-state index is 0.290. The molecule has 1 unspecified atom stereocenters. The first-order valence-corrected chi connectivity index (χ1v) is 7.46. The first-order valence-electron chi connectivity index (χ1n) is 7.46. The van der Waals surface area contributed by atoms with E-state index >= 15 is 0 Å². The molecule has 1 aliphatic rings. The Bertz CT molecular complexity index is 621. The van der Waals surface area contributed by atoms with E-state index in [1.165, 1.54) is 0 Å². The van der Waals surface area contributed by atoms with Crippen LogP contribution in [0.3, 0.4) is 0 Å². The molecule has 2 N–H and O–H groups in total. The monoisotopic (exact) mass is 289 g/mol. The van der Waals surface area contributed by atoms with E-state index in [4.69, 9.17) is 5.73 Å². The number of hydrogen-bond donors (Lipinski definition) is 1. The van der Waals surface area contributed by atoms with Crippen LogP contribution in [0.15, 0.2) is 12.4 Å². The number of anilines is 1. The van der Waals surface area contributed by atoms with Crippen molar-refractivity contribution in [3.05, 3.63) is 18.1 Å². The van der Waals surface area contributed by atoms with Gasteiger partial charge in [-0.3, -0.25) is 0 Å². The van der Waals surface area contributed by atoms with Crippen molar-refractivity contribution >= 4 is 11.6 Å². The second-order valence-electron chi connectivity index (χ2n) is 6.01. The highest BCUT2D eigenvalue weighted by Gasteiger charge is 2.27. The fourth-order valence-electron chi connectivity index (χ4n) is 2.83. The molecule has 3 heterocycles. The Kier molecular flexibility index (Phi) is 3.77. The Morgan fingerprint density at radius 2 is 2.19 bits per heavy atom. The number of aromatic nitrogens is 4. The normalized spacial score (nSPS) is 20.6. The molecular formula is C14H23N7. The van der Waals surface area contributed by atoms with E-state index < -0.39 is 0 Å². The van der Waals surface area contributed by atoms with Gasteiger partial charge in [-0.1, -0.05) is 13.8 Å². The van der Waals surface area contributed by atoms with Gasteiger partial charge in [0, 0.05) is 32.2 Å². The van der Waals surface area contributed by atoms with E-state index in [2.05, 4.69) is 51.8 Å². The molecule has 1 aliphatic heterocycles.